The van der Waals surface area contributed by atoms with E-state index < -0.39 is 0 Å². The van der Waals surface area contributed by atoms with Gasteiger partial charge in [-0.3, -0.25) is 19.1 Å². The molecule has 1 atom stereocenters. The molecule has 0 spiro atoms. The van der Waals surface area contributed by atoms with E-state index in [0.717, 1.165) is 40.2 Å². The van der Waals surface area contributed by atoms with Gasteiger partial charge in [0.15, 0.2) is 41.3 Å². The molecule has 1 saturated heterocycles. The van der Waals surface area contributed by atoms with E-state index in [1.165, 1.54) is 12.8 Å². The number of nitrogens with two attached hydrogens (primary N) is 2. The molecule has 4 N–H and O–H groups in total. The Bertz CT molecular complexity index is 2570. The van der Waals surface area contributed by atoms with Gasteiger partial charge in [-0.1, -0.05) is 0 Å². The highest BCUT2D eigenvalue weighted by Gasteiger charge is 2.23. The molecule has 0 radical (unpaired) electrons. The van der Waals surface area contributed by atoms with Crippen LogP contribution in [0, 0.1) is 11.3 Å². The van der Waals surface area contributed by atoms with Crippen molar-refractivity contribution in [3.05, 3.63) is 85.5 Å². The van der Waals surface area contributed by atoms with Crippen LogP contribution in [0.3, 0.4) is 0 Å². The Morgan fingerprint density at radius 3 is 1.70 bits per heavy atom. The maximum atomic E-state index is 8.59. The van der Waals surface area contributed by atoms with Gasteiger partial charge in [0.2, 0.25) is 0 Å². The molecule has 0 amide bonds. The molecule has 7 heterocycles. The van der Waals surface area contributed by atoms with Gasteiger partial charge in [0, 0.05) is 29.8 Å². The first kappa shape index (κ1) is 33.7. The summed E-state index contributed by atoms with van der Waals surface area (Å²) in [6, 6.07) is 21.3. The van der Waals surface area contributed by atoms with E-state index in [0.29, 0.717) is 47.0 Å². The number of hydrogen-bond donors (Lipinski definition) is 2. The minimum absolute atomic E-state index is 0.00852. The number of hydrogen-bond acceptors (Lipinski definition) is 16. The molecule has 270 valence electrons. The van der Waals surface area contributed by atoms with Crippen LogP contribution in [0.25, 0.3) is 56.5 Å². The molecular weight excluding hydrogens is 692 g/mol. The van der Waals surface area contributed by atoms with Gasteiger partial charge >= 0.3 is 0 Å². The number of nitrogens with zero attached hydrogens (tertiary/aromatic N) is 12. The number of rotatable bonds is 9. The molecule has 18 nitrogen and oxygen atoms in total. The number of benzene rings is 2. The second kappa shape index (κ2) is 14.7. The lowest BCUT2D eigenvalue weighted by Crippen LogP contribution is -2.30. The molecule has 1 aliphatic heterocycles. The van der Waals surface area contributed by atoms with Crippen molar-refractivity contribution in [1.82, 2.24) is 54.6 Å². The molecule has 0 saturated carbocycles. The van der Waals surface area contributed by atoms with Gasteiger partial charge in [-0.15, -0.1) is 0 Å². The van der Waals surface area contributed by atoms with Gasteiger partial charge in [-0.25, -0.2) is 19.2 Å². The Morgan fingerprint density at radius 1 is 0.741 bits per heavy atom. The monoisotopic (exact) mass is 724 g/mol. The second-order valence-electron chi connectivity index (χ2n) is 12.3. The first-order chi connectivity index (χ1) is 26.5. The van der Waals surface area contributed by atoms with Crippen molar-refractivity contribution in [1.29, 1.82) is 5.26 Å². The number of nitriles is 1. The summed E-state index contributed by atoms with van der Waals surface area (Å²) in [7, 11) is 2.15. The van der Waals surface area contributed by atoms with E-state index in [2.05, 4.69) is 52.5 Å². The van der Waals surface area contributed by atoms with Crippen molar-refractivity contribution in [2.24, 2.45) is 0 Å². The number of likely N-dealkylation sites (N-methyl/N-ethyl adjacent to an activating group) is 1. The van der Waals surface area contributed by atoms with E-state index in [-0.39, 0.29) is 18.2 Å². The fourth-order valence-corrected chi connectivity index (χ4v) is 6.29. The standard InChI is InChI=1S/C20H21N7O2.C16H11N7O2/c1-26-10-2-3-14(26)12-28-15-6-4-13(5-7-15)27-17-8-9-22-11-16(17)23-20(27)18-19(21)25-29-24-18;17-6-8-24-11-3-1-10(2-4-11)23-13-5-7-19-9-12(13)20-16(23)14-15(18)22-25-21-14/h4-9,11,14H,2-3,10,12H2,1H3,(H2,21,25);1-5,7,9H,8H2,(H2,18,22)/t14-;/m0./s1. The van der Waals surface area contributed by atoms with Gasteiger partial charge in [0.1, 0.15) is 35.2 Å². The largest absolute Gasteiger partial charge is 0.492 e. The number of ether oxygens (including phenoxy) is 2. The van der Waals surface area contributed by atoms with Crippen LogP contribution in [-0.2, 0) is 0 Å². The molecule has 0 unspecified atom stereocenters. The summed E-state index contributed by atoms with van der Waals surface area (Å²) >= 11 is 0. The zero-order chi connectivity index (χ0) is 37.0. The van der Waals surface area contributed by atoms with E-state index in [9.17, 15) is 0 Å². The van der Waals surface area contributed by atoms with Crippen LogP contribution in [0.5, 0.6) is 11.5 Å². The van der Waals surface area contributed by atoms with Crippen LogP contribution in [0.1, 0.15) is 12.8 Å². The van der Waals surface area contributed by atoms with Crippen molar-refractivity contribution in [3.8, 4) is 52.0 Å². The zero-order valence-corrected chi connectivity index (χ0v) is 28.9. The van der Waals surface area contributed by atoms with Crippen LogP contribution in [0.2, 0.25) is 0 Å². The van der Waals surface area contributed by atoms with Gasteiger partial charge in [-0.05, 0) is 108 Å². The molecule has 1 fully saturated rings. The van der Waals surface area contributed by atoms with Gasteiger partial charge in [0.05, 0.1) is 23.4 Å². The SMILES string of the molecule is CN1CCC[C@H]1COc1ccc(-n2c(-c3nonc3N)nc3cnccc32)cc1.N#CCOc1ccc(-n2c(-c3nonc3N)nc3cnccc32)cc1. The second-order valence-corrected chi connectivity index (χ2v) is 12.3. The molecular formula is C36H32N14O4. The highest BCUT2D eigenvalue weighted by Crippen LogP contribution is 2.32. The number of aromatic nitrogens is 10. The average Bonchev–Trinajstić information content (AvgIpc) is 4.05. The maximum Gasteiger partial charge on any atom is 0.199 e. The number of likely N-dealkylation sites (tertiary alicyclic amines) is 1. The quantitative estimate of drug-likeness (QED) is 0.209. The van der Waals surface area contributed by atoms with Crippen molar-refractivity contribution in [2.75, 3.05) is 38.3 Å². The number of imidazole rings is 2. The predicted octanol–water partition coefficient (Wildman–Crippen LogP) is 4.48. The van der Waals surface area contributed by atoms with Crippen molar-refractivity contribution in [2.45, 2.75) is 18.9 Å². The van der Waals surface area contributed by atoms with Crippen LogP contribution in [0.15, 0.2) is 94.7 Å². The Hall–Kier alpha value is -7.39. The number of nitrogen functional groups attached to an aromatic ring is 2. The van der Waals surface area contributed by atoms with E-state index >= 15 is 0 Å². The summed E-state index contributed by atoms with van der Waals surface area (Å²) in [6.07, 6.45) is 9.18. The third-order valence-corrected chi connectivity index (χ3v) is 8.97. The molecule has 8 aromatic rings. The van der Waals surface area contributed by atoms with Gasteiger partial charge in [0.25, 0.3) is 0 Å². The van der Waals surface area contributed by atoms with E-state index in [4.69, 9.17) is 35.5 Å². The first-order valence-electron chi connectivity index (χ1n) is 16.8. The molecule has 9 rings (SSSR count). The Labute approximate surface area is 306 Å². The lowest BCUT2D eigenvalue weighted by atomic mass is 10.2. The average molecular weight is 725 g/mol. The van der Waals surface area contributed by atoms with Crippen molar-refractivity contribution in [3.63, 3.8) is 0 Å². The van der Waals surface area contributed by atoms with Crippen LogP contribution >= 0.6 is 0 Å². The third kappa shape index (κ3) is 6.57. The Balaban J connectivity index is 0.000000155. The minimum Gasteiger partial charge on any atom is -0.492 e. The molecule has 54 heavy (non-hydrogen) atoms. The Kier molecular flexibility index (Phi) is 9.18. The summed E-state index contributed by atoms with van der Waals surface area (Å²) < 4.78 is 24.6. The summed E-state index contributed by atoms with van der Waals surface area (Å²) in [5.41, 5.74) is 17.3. The summed E-state index contributed by atoms with van der Waals surface area (Å²) in [6.45, 7) is 1.83. The summed E-state index contributed by atoms with van der Waals surface area (Å²) in [5.74, 6) is 2.82. The maximum absolute atomic E-state index is 8.59. The van der Waals surface area contributed by atoms with E-state index in [1.54, 1.807) is 36.9 Å². The van der Waals surface area contributed by atoms with E-state index in [1.807, 2.05) is 63.7 Å². The zero-order valence-electron chi connectivity index (χ0n) is 28.9. The predicted molar refractivity (Wildman–Crippen MR) is 195 cm³/mol. The highest BCUT2D eigenvalue weighted by atomic mass is 16.6. The fourth-order valence-electron chi connectivity index (χ4n) is 6.29. The lowest BCUT2D eigenvalue weighted by molar-refractivity contribution is 0.198. The lowest BCUT2D eigenvalue weighted by Gasteiger charge is -2.19. The Morgan fingerprint density at radius 2 is 1.26 bits per heavy atom. The van der Waals surface area contributed by atoms with Crippen molar-refractivity contribution < 1.29 is 18.7 Å². The van der Waals surface area contributed by atoms with Crippen LogP contribution in [0.4, 0.5) is 11.6 Å². The smallest absolute Gasteiger partial charge is 0.199 e. The highest BCUT2D eigenvalue weighted by molar-refractivity contribution is 5.84. The van der Waals surface area contributed by atoms with Crippen LogP contribution < -0.4 is 20.9 Å². The summed E-state index contributed by atoms with van der Waals surface area (Å²) in [4.78, 5) is 19.8. The summed E-state index contributed by atoms with van der Waals surface area (Å²) in [5, 5.41) is 23.7. The van der Waals surface area contributed by atoms with Gasteiger partial charge < -0.3 is 25.8 Å². The molecule has 2 aromatic carbocycles. The molecule has 1 aliphatic rings. The van der Waals surface area contributed by atoms with Crippen molar-refractivity contribution >= 4 is 33.7 Å². The fraction of sp³-hybridized carbons (Fsp3) is 0.194. The van der Waals surface area contributed by atoms with Gasteiger partial charge in [-0.2, -0.15) is 5.26 Å². The minimum atomic E-state index is -0.00852. The third-order valence-electron chi connectivity index (χ3n) is 8.97. The molecule has 0 aliphatic carbocycles. The van der Waals surface area contributed by atoms with Crippen LogP contribution in [-0.4, -0.2) is 87.4 Å². The normalized spacial score (nSPS) is 14.2. The first-order valence-corrected chi connectivity index (χ1v) is 16.8. The molecule has 18 heteroatoms. The number of anilines is 2. The topological polar surface area (TPSA) is 237 Å². The number of fused-ring (bicyclic) bond motifs is 2. The molecule has 0 bridgehead atoms. The molecule has 6 aromatic heterocycles. The number of pyridine rings is 2.